The third-order valence-corrected chi connectivity index (χ3v) is 1.19. The number of primary amides is 1. The van der Waals surface area contributed by atoms with Crippen LogP contribution < -0.4 is 11.1 Å². The molecule has 5 nitrogen and oxygen atoms in total. The van der Waals surface area contributed by atoms with Crippen molar-refractivity contribution >= 4 is 11.9 Å². The van der Waals surface area contributed by atoms with E-state index in [-0.39, 0.29) is 18.8 Å². The van der Waals surface area contributed by atoms with Crippen LogP contribution in [0.1, 0.15) is 12.8 Å². The summed E-state index contributed by atoms with van der Waals surface area (Å²) in [4.78, 5) is 21.0. The Hall–Kier alpha value is -1.10. The van der Waals surface area contributed by atoms with Gasteiger partial charge in [0, 0.05) is 13.0 Å². The molecular weight excluding hydrogens is 160 g/mol. The Morgan fingerprint density at radius 3 is 2.58 bits per heavy atom. The van der Waals surface area contributed by atoms with Crippen LogP contribution in [-0.4, -0.2) is 32.1 Å². The Labute approximate surface area is 71.3 Å². The molecule has 0 aliphatic heterocycles. The van der Waals surface area contributed by atoms with Gasteiger partial charge in [-0.2, -0.15) is 0 Å². The number of carbonyl (C=O) groups is 2. The van der Waals surface area contributed by atoms with E-state index in [1.165, 1.54) is 0 Å². The molecule has 0 spiro atoms. The molecule has 0 radical (unpaired) electrons. The van der Waals surface area contributed by atoms with Crippen LogP contribution in [0.25, 0.3) is 0 Å². The van der Waals surface area contributed by atoms with Crippen molar-refractivity contribution in [3.63, 3.8) is 0 Å². The number of nitrogens with two attached hydrogens (primary N) is 1. The van der Waals surface area contributed by atoms with Crippen LogP contribution in [0.15, 0.2) is 0 Å². The zero-order valence-electron chi connectivity index (χ0n) is 7.13. The van der Waals surface area contributed by atoms with Crippen molar-refractivity contribution in [3.8, 4) is 0 Å². The van der Waals surface area contributed by atoms with Crippen molar-refractivity contribution in [1.82, 2.24) is 5.32 Å². The highest BCUT2D eigenvalue weighted by Gasteiger charge is 2.03. The quantitative estimate of drug-likeness (QED) is 0.400. The summed E-state index contributed by atoms with van der Waals surface area (Å²) in [5, 5.41) is 2.82. The molecule has 0 aliphatic rings. The minimum Gasteiger partial charge on any atom is -0.464 e. The van der Waals surface area contributed by atoms with Gasteiger partial charge in [0.15, 0.2) is 0 Å². The Morgan fingerprint density at radius 2 is 2.08 bits per heavy atom. The molecule has 70 valence electrons. The first-order valence-electron chi connectivity index (χ1n) is 3.75. The lowest BCUT2D eigenvalue weighted by molar-refractivity contribution is -0.144. The fourth-order valence-corrected chi connectivity index (χ4v) is 0.564. The molecule has 0 atom stereocenters. The van der Waals surface area contributed by atoms with E-state index in [1.807, 2.05) is 0 Å². The van der Waals surface area contributed by atoms with Gasteiger partial charge in [0.25, 0.3) is 0 Å². The second-order valence-corrected chi connectivity index (χ2v) is 2.29. The standard InChI is InChI=1S/C7H14N2O3/c1-9-4-5-12-7(11)3-2-6(8)10/h9H,2-5H2,1H3,(H2,8,10). The first-order chi connectivity index (χ1) is 5.66. The maximum atomic E-state index is 10.8. The number of likely N-dealkylation sites (N-methyl/N-ethyl adjacent to an activating group) is 1. The van der Waals surface area contributed by atoms with E-state index in [9.17, 15) is 9.59 Å². The van der Waals surface area contributed by atoms with Crippen molar-refractivity contribution in [1.29, 1.82) is 0 Å². The molecule has 3 N–H and O–H groups in total. The highest BCUT2D eigenvalue weighted by molar-refractivity contribution is 5.79. The normalized spacial score (nSPS) is 9.42. The molecule has 0 bridgehead atoms. The van der Waals surface area contributed by atoms with Crippen LogP contribution in [0.2, 0.25) is 0 Å². The summed E-state index contributed by atoms with van der Waals surface area (Å²) < 4.78 is 4.72. The number of carbonyl (C=O) groups excluding carboxylic acids is 2. The molecule has 12 heavy (non-hydrogen) atoms. The molecule has 0 fully saturated rings. The van der Waals surface area contributed by atoms with Crippen molar-refractivity contribution < 1.29 is 14.3 Å². The van der Waals surface area contributed by atoms with E-state index < -0.39 is 5.91 Å². The van der Waals surface area contributed by atoms with Crippen LogP contribution in [0.3, 0.4) is 0 Å². The average molecular weight is 174 g/mol. The molecule has 0 saturated heterocycles. The van der Waals surface area contributed by atoms with E-state index >= 15 is 0 Å². The maximum absolute atomic E-state index is 10.8. The second-order valence-electron chi connectivity index (χ2n) is 2.29. The van der Waals surface area contributed by atoms with Crippen LogP contribution in [0.4, 0.5) is 0 Å². The summed E-state index contributed by atoms with van der Waals surface area (Å²) in [5.74, 6) is -0.871. The van der Waals surface area contributed by atoms with Crippen LogP contribution in [0, 0.1) is 0 Å². The van der Waals surface area contributed by atoms with Gasteiger partial charge in [-0.15, -0.1) is 0 Å². The SMILES string of the molecule is CNCCOC(=O)CCC(N)=O. The predicted molar refractivity (Wildman–Crippen MR) is 43.3 cm³/mol. The fourth-order valence-electron chi connectivity index (χ4n) is 0.564. The Bertz CT molecular complexity index is 159. The first-order valence-corrected chi connectivity index (χ1v) is 3.75. The Balaban J connectivity index is 3.28. The molecule has 1 amide bonds. The van der Waals surface area contributed by atoms with Crippen molar-refractivity contribution in [2.24, 2.45) is 5.73 Å². The van der Waals surface area contributed by atoms with Crippen LogP contribution in [0.5, 0.6) is 0 Å². The topological polar surface area (TPSA) is 81.4 Å². The van der Waals surface area contributed by atoms with Gasteiger partial charge < -0.3 is 15.8 Å². The third kappa shape index (κ3) is 7.01. The number of hydrogen-bond donors (Lipinski definition) is 2. The smallest absolute Gasteiger partial charge is 0.306 e. The largest absolute Gasteiger partial charge is 0.464 e. The van der Waals surface area contributed by atoms with Crippen molar-refractivity contribution in [2.45, 2.75) is 12.8 Å². The van der Waals surface area contributed by atoms with E-state index in [0.29, 0.717) is 13.2 Å². The van der Waals surface area contributed by atoms with Crippen LogP contribution in [-0.2, 0) is 14.3 Å². The zero-order valence-corrected chi connectivity index (χ0v) is 7.13. The number of esters is 1. The molecule has 0 aromatic heterocycles. The molecule has 0 unspecified atom stereocenters. The Morgan fingerprint density at radius 1 is 1.42 bits per heavy atom. The van der Waals surface area contributed by atoms with Gasteiger partial charge >= 0.3 is 5.97 Å². The van der Waals surface area contributed by atoms with Gasteiger partial charge in [-0.1, -0.05) is 0 Å². The third-order valence-electron chi connectivity index (χ3n) is 1.19. The van der Waals surface area contributed by atoms with Crippen molar-refractivity contribution in [2.75, 3.05) is 20.2 Å². The first kappa shape index (κ1) is 10.9. The molecule has 5 heteroatoms. The Kier molecular flexibility index (Phi) is 6.00. The monoisotopic (exact) mass is 174 g/mol. The summed E-state index contributed by atoms with van der Waals surface area (Å²) in [6.45, 7) is 0.941. The molecule has 0 rings (SSSR count). The molecule has 0 heterocycles. The molecule has 0 aromatic carbocycles. The molecule has 0 saturated carbocycles. The maximum Gasteiger partial charge on any atom is 0.306 e. The molecule has 0 aromatic rings. The number of amides is 1. The van der Waals surface area contributed by atoms with Gasteiger partial charge in [-0.3, -0.25) is 9.59 Å². The summed E-state index contributed by atoms with van der Waals surface area (Å²) in [6, 6.07) is 0. The van der Waals surface area contributed by atoms with Gasteiger partial charge in [0.1, 0.15) is 6.61 Å². The summed E-state index contributed by atoms with van der Waals surface area (Å²) in [5.41, 5.74) is 4.84. The summed E-state index contributed by atoms with van der Waals surface area (Å²) in [6.07, 6.45) is 0.122. The fraction of sp³-hybridized carbons (Fsp3) is 0.714. The van der Waals surface area contributed by atoms with Crippen molar-refractivity contribution in [3.05, 3.63) is 0 Å². The average Bonchev–Trinajstić information content (AvgIpc) is 2.01. The second kappa shape index (κ2) is 6.60. The number of hydrogen-bond acceptors (Lipinski definition) is 4. The summed E-state index contributed by atoms with van der Waals surface area (Å²) >= 11 is 0. The van der Waals surface area contributed by atoms with Gasteiger partial charge in [0.05, 0.1) is 6.42 Å². The van der Waals surface area contributed by atoms with Gasteiger partial charge in [-0.05, 0) is 7.05 Å². The number of ether oxygens (including phenoxy) is 1. The lowest BCUT2D eigenvalue weighted by Crippen LogP contribution is -2.19. The number of rotatable bonds is 6. The highest BCUT2D eigenvalue weighted by atomic mass is 16.5. The van der Waals surface area contributed by atoms with Gasteiger partial charge in [0.2, 0.25) is 5.91 Å². The van der Waals surface area contributed by atoms with E-state index in [4.69, 9.17) is 10.5 Å². The lowest BCUT2D eigenvalue weighted by Gasteiger charge is -2.02. The highest BCUT2D eigenvalue weighted by Crippen LogP contribution is 1.90. The lowest BCUT2D eigenvalue weighted by atomic mass is 10.3. The van der Waals surface area contributed by atoms with Crippen LogP contribution >= 0.6 is 0 Å². The number of nitrogens with one attached hydrogen (secondary N) is 1. The predicted octanol–water partition coefficient (Wildman–Crippen LogP) is -0.985. The van der Waals surface area contributed by atoms with E-state index in [2.05, 4.69) is 5.32 Å². The van der Waals surface area contributed by atoms with E-state index in [1.54, 1.807) is 7.05 Å². The zero-order chi connectivity index (χ0) is 9.40. The van der Waals surface area contributed by atoms with E-state index in [0.717, 1.165) is 0 Å². The molecule has 0 aliphatic carbocycles. The minimum atomic E-state index is -0.486. The van der Waals surface area contributed by atoms with Gasteiger partial charge in [-0.25, -0.2) is 0 Å². The molecular formula is C7H14N2O3. The summed E-state index contributed by atoms with van der Waals surface area (Å²) in [7, 11) is 1.76. The minimum absolute atomic E-state index is 0.0540.